The summed E-state index contributed by atoms with van der Waals surface area (Å²) < 4.78 is 0. The highest BCUT2D eigenvalue weighted by Crippen LogP contribution is 2.28. The molecule has 2 N–H and O–H groups in total. The summed E-state index contributed by atoms with van der Waals surface area (Å²) >= 11 is 0. The molecule has 2 saturated carbocycles. The first-order valence-corrected chi connectivity index (χ1v) is 7.55. The zero-order valence-corrected chi connectivity index (χ0v) is 11.2. The summed E-state index contributed by atoms with van der Waals surface area (Å²) in [6.07, 6.45) is 7.73. The molecule has 0 aromatic heterocycles. The molecule has 3 aliphatic rings. The van der Waals surface area contributed by atoms with Crippen LogP contribution in [0.3, 0.4) is 0 Å². The quantitative estimate of drug-likeness (QED) is 0.701. The Labute approximate surface area is 109 Å². The van der Waals surface area contributed by atoms with Crippen LogP contribution in [0.4, 0.5) is 0 Å². The molecule has 102 valence electrons. The van der Waals surface area contributed by atoms with Gasteiger partial charge in [-0.15, -0.1) is 0 Å². The van der Waals surface area contributed by atoms with Crippen molar-refractivity contribution in [1.29, 1.82) is 0 Å². The number of hydrogen-bond acceptors (Lipinski definition) is 3. The Kier molecular flexibility index (Phi) is 3.85. The summed E-state index contributed by atoms with van der Waals surface area (Å²) in [6.45, 7) is 3.72. The minimum Gasteiger partial charge on any atom is -0.355 e. The van der Waals surface area contributed by atoms with Crippen LogP contribution in [-0.4, -0.2) is 49.1 Å². The number of hydrogen-bond donors (Lipinski definition) is 2. The number of carbonyl (C=O) groups excluding carboxylic acids is 1. The maximum Gasteiger partial charge on any atom is 0.234 e. The molecule has 4 heteroatoms. The molecular weight excluding hydrogens is 226 g/mol. The van der Waals surface area contributed by atoms with Gasteiger partial charge in [0.1, 0.15) is 0 Å². The van der Waals surface area contributed by atoms with Crippen molar-refractivity contribution in [2.75, 3.05) is 26.2 Å². The molecule has 1 unspecified atom stereocenters. The molecule has 1 atom stereocenters. The molecule has 0 aromatic carbocycles. The van der Waals surface area contributed by atoms with Gasteiger partial charge in [0, 0.05) is 25.2 Å². The fraction of sp³-hybridized carbons (Fsp3) is 0.929. The van der Waals surface area contributed by atoms with E-state index < -0.39 is 0 Å². The van der Waals surface area contributed by atoms with E-state index in [1.807, 2.05) is 0 Å². The molecule has 1 saturated heterocycles. The topological polar surface area (TPSA) is 44.4 Å². The Morgan fingerprint density at radius 3 is 2.67 bits per heavy atom. The van der Waals surface area contributed by atoms with Gasteiger partial charge >= 0.3 is 0 Å². The molecule has 1 amide bonds. The van der Waals surface area contributed by atoms with E-state index in [-0.39, 0.29) is 5.91 Å². The lowest BCUT2D eigenvalue weighted by molar-refractivity contribution is -0.122. The molecule has 4 nitrogen and oxygen atoms in total. The lowest BCUT2D eigenvalue weighted by atomic mass is 10.2. The van der Waals surface area contributed by atoms with Crippen LogP contribution in [0.2, 0.25) is 0 Å². The molecule has 0 aromatic rings. The monoisotopic (exact) mass is 251 g/mol. The van der Waals surface area contributed by atoms with Crippen molar-refractivity contribution < 1.29 is 4.79 Å². The number of amides is 1. The standard InChI is InChI=1S/C14H25N3O/c18-14(16-8-11-3-4-11)10-17(13-5-6-13)9-12-2-1-7-15-12/h11-13,15H,1-10H2,(H,16,18). The number of nitrogens with one attached hydrogen (secondary N) is 2. The lowest BCUT2D eigenvalue weighted by Crippen LogP contribution is -2.44. The van der Waals surface area contributed by atoms with E-state index >= 15 is 0 Å². The van der Waals surface area contributed by atoms with Crippen LogP contribution in [0.25, 0.3) is 0 Å². The fourth-order valence-corrected chi connectivity index (χ4v) is 2.80. The maximum absolute atomic E-state index is 11.9. The van der Waals surface area contributed by atoms with E-state index in [2.05, 4.69) is 15.5 Å². The van der Waals surface area contributed by atoms with Crippen molar-refractivity contribution >= 4 is 5.91 Å². The second kappa shape index (κ2) is 5.57. The van der Waals surface area contributed by atoms with Gasteiger partial charge in [0.2, 0.25) is 5.91 Å². The van der Waals surface area contributed by atoms with Gasteiger partial charge in [-0.1, -0.05) is 0 Å². The third kappa shape index (κ3) is 3.69. The molecule has 0 bridgehead atoms. The van der Waals surface area contributed by atoms with Gasteiger partial charge in [-0.3, -0.25) is 9.69 Å². The molecule has 2 aliphatic carbocycles. The Morgan fingerprint density at radius 2 is 2.06 bits per heavy atom. The summed E-state index contributed by atoms with van der Waals surface area (Å²) in [5.74, 6) is 1.01. The van der Waals surface area contributed by atoms with Gasteiger partial charge in [-0.25, -0.2) is 0 Å². The first-order valence-electron chi connectivity index (χ1n) is 7.55. The third-order valence-electron chi connectivity index (χ3n) is 4.31. The number of rotatable bonds is 7. The zero-order chi connectivity index (χ0) is 12.4. The highest BCUT2D eigenvalue weighted by molar-refractivity contribution is 5.78. The molecule has 18 heavy (non-hydrogen) atoms. The third-order valence-corrected chi connectivity index (χ3v) is 4.31. The summed E-state index contributed by atoms with van der Waals surface area (Å²) in [4.78, 5) is 14.3. The normalized spacial score (nSPS) is 27.7. The SMILES string of the molecule is O=C(CN(CC1CCCN1)C1CC1)NCC1CC1. The molecular formula is C14H25N3O. The summed E-state index contributed by atoms with van der Waals surface area (Å²) in [5.41, 5.74) is 0. The van der Waals surface area contributed by atoms with Crippen molar-refractivity contribution in [3.63, 3.8) is 0 Å². The summed E-state index contributed by atoms with van der Waals surface area (Å²) in [6, 6.07) is 1.29. The van der Waals surface area contributed by atoms with E-state index in [1.54, 1.807) is 0 Å². The van der Waals surface area contributed by atoms with Gasteiger partial charge in [-0.05, 0) is 51.0 Å². The van der Waals surface area contributed by atoms with Crippen LogP contribution < -0.4 is 10.6 Å². The van der Waals surface area contributed by atoms with Crippen LogP contribution in [0.15, 0.2) is 0 Å². The first-order chi connectivity index (χ1) is 8.81. The van der Waals surface area contributed by atoms with E-state index in [4.69, 9.17) is 0 Å². The second-order valence-corrected chi connectivity index (χ2v) is 6.20. The average Bonchev–Trinajstić information content (AvgIpc) is 3.27. The zero-order valence-electron chi connectivity index (χ0n) is 11.2. The van der Waals surface area contributed by atoms with E-state index in [9.17, 15) is 4.79 Å². The molecule has 0 radical (unpaired) electrons. The van der Waals surface area contributed by atoms with E-state index in [1.165, 1.54) is 38.5 Å². The van der Waals surface area contributed by atoms with E-state index in [0.29, 0.717) is 18.6 Å². The smallest absolute Gasteiger partial charge is 0.234 e. The first kappa shape index (κ1) is 12.4. The van der Waals surface area contributed by atoms with Crippen LogP contribution in [0, 0.1) is 5.92 Å². The van der Waals surface area contributed by atoms with Gasteiger partial charge in [0.15, 0.2) is 0 Å². The lowest BCUT2D eigenvalue weighted by Gasteiger charge is -2.24. The Balaban J connectivity index is 1.41. The van der Waals surface area contributed by atoms with Gasteiger partial charge in [0.25, 0.3) is 0 Å². The Hall–Kier alpha value is -0.610. The molecule has 3 rings (SSSR count). The highest BCUT2D eigenvalue weighted by atomic mass is 16.2. The average molecular weight is 251 g/mol. The van der Waals surface area contributed by atoms with Crippen molar-refractivity contribution in [2.45, 2.75) is 50.6 Å². The summed E-state index contributed by atoms with van der Waals surface area (Å²) in [5, 5.41) is 6.61. The van der Waals surface area contributed by atoms with Gasteiger partial charge in [-0.2, -0.15) is 0 Å². The molecule has 3 fully saturated rings. The minimum absolute atomic E-state index is 0.229. The highest BCUT2D eigenvalue weighted by Gasteiger charge is 2.32. The van der Waals surface area contributed by atoms with Crippen molar-refractivity contribution in [2.24, 2.45) is 5.92 Å². The van der Waals surface area contributed by atoms with Crippen LogP contribution in [0.1, 0.15) is 38.5 Å². The van der Waals surface area contributed by atoms with Crippen molar-refractivity contribution in [1.82, 2.24) is 15.5 Å². The predicted molar refractivity (Wildman–Crippen MR) is 71.4 cm³/mol. The minimum atomic E-state index is 0.229. The van der Waals surface area contributed by atoms with Crippen molar-refractivity contribution in [3.8, 4) is 0 Å². The Morgan fingerprint density at radius 1 is 1.22 bits per heavy atom. The largest absolute Gasteiger partial charge is 0.355 e. The van der Waals surface area contributed by atoms with Crippen LogP contribution in [-0.2, 0) is 4.79 Å². The number of carbonyl (C=O) groups is 1. The van der Waals surface area contributed by atoms with Crippen molar-refractivity contribution in [3.05, 3.63) is 0 Å². The predicted octanol–water partition coefficient (Wildman–Crippen LogP) is 0.729. The van der Waals surface area contributed by atoms with E-state index in [0.717, 1.165) is 25.6 Å². The second-order valence-electron chi connectivity index (χ2n) is 6.20. The Bertz CT molecular complexity index is 293. The number of nitrogens with zero attached hydrogens (tertiary/aromatic N) is 1. The summed E-state index contributed by atoms with van der Waals surface area (Å²) in [7, 11) is 0. The van der Waals surface area contributed by atoms with Gasteiger partial charge in [0.05, 0.1) is 6.54 Å². The molecule has 1 aliphatic heterocycles. The fourth-order valence-electron chi connectivity index (χ4n) is 2.80. The molecule has 1 heterocycles. The maximum atomic E-state index is 11.9. The van der Waals surface area contributed by atoms with Crippen LogP contribution >= 0.6 is 0 Å². The van der Waals surface area contributed by atoms with Crippen LogP contribution in [0.5, 0.6) is 0 Å². The molecule has 0 spiro atoms. The van der Waals surface area contributed by atoms with Gasteiger partial charge < -0.3 is 10.6 Å².